The van der Waals surface area contributed by atoms with E-state index < -0.39 is 0 Å². The van der Waals surface area contributed by atoms with Crippen molar-refractivity contribution in [3.63, 3.8) is 0 Å². The van der Waals surface area contributed by atoms with E-state index in [1.165, 1.54) is 0 Å². The third-order valence-corrected chi connectivity index (χ3v) is 5.01. The molecule has 1 heterocycles. The second kappa shape index (κ2) is 12.9. The molecule has 6 nitrogen and oxygen atoms in total. The van der Waals surface area contributed by atoms with Crippen LogP contribution in [0.15, 0.2) is 59.6 Å². The third kappa shape index (κ3) is 8.05. The van der Waals surface area contributed by atoms with Crippen LogP contribution in [-0.4, -0.2) is 46.0 Å². The van der Waals surface area contributed by atoms with Crippen LogP contribution < -0.4 is 15.4 Å². The van der Waals surface area contributed by atoms with Crippen LogP contribution in [0.4, 0.5) is 0 Å². The summed E-state index contributed by atoms with van der Waals surface area (Å²) in [6.45, 7) is 4.85. The average molecular weight is 412 g/mol. The minimum atomic E-state index is 0.655. The predicted octanol–water partition coefficient (Wildman–Crippen LogP) is 3.98. The summed E-state index contributed by atoms with van der Waals surface area (Å²) >= 11 is 0. The Bertz CT molecular complexity index is 761. The molecule has 2 aromatic carbocycles. The smallest absolute Gasteiger partial charge is 0.191 e. The fraction of sp³-hybridized carbons (Fsp3) is 0.458. The minimum Gasteiger partial charge on any atom is -0.457 e. The highest BCUT2D eigenvalue weighted by Crippen LogP contribution is 2.21. The molecule has 1 saturated heterocycles. The Kier molecular flexibility index (Phi) is 9.50. The average Bonchev–Trinajstić information content (AvgIpc) is 2.80. The van der Waals surface area contributed by atoms with Gasteiger partial charge < -0.3 is 24.8 Å². The summed E-state index contributed by atoms with van der Waals surface area (Å²) in [5, 5.41) is 6.69. The first-order valence-corrected chi connectivity index (χ1v) is 10.8. The quantitative estimate of drug-likeness (QED) is 0.352. The Morgan fingerprint density at radius 3 is 2.63 bits per heavy atom. The van der Waals surface area contributed by atoms with Crippen molar-refractivity contribution in [1.29, 1.82) is 0 Å². The summed E-state index contributed by atoms with van der Waals surface area (Å²) in [5.74, 6) is 3.10. The first kappa shape index (κ1) is 22.1. The van der Waals surface area contributed by atoms with Crippen molar-refractivity contribution in [3.05, 3.63) is 60.2 Å². The van der Waals surface area contributed by atoms with Crippen molar-refractivity contribution in [2.45, 2.75) is 25.8 Å². The van der Waals surface area contributed by atoms with Crippen LogP contribution in [0.3, 0.4) is 0 Å². The summed E-state index contributed by atoms with van der Waals surface area (Å²) in [4.78, 5) is 4.29. The molecular weight excluding hydrogens is 378 g/mol. The molecular formula is C24H33N3O3. The number of nitrogens with zero attached hydrogens (tertiary/aromatic N) is 1. The SMILES string of the molecule is CN=C(NCCCOCC1CCOCC1)NCc1cccc(Oc2ccccc2)c1. The number of hydrogen-bond acceptors (Lipinski definition) is 4. The van der Waals surface area contributed by atoms with Crippen LogP contribution in [0.25, 0.3) is 0 Å². The van der Waals surface area contributed by atoms with E-state index in [-0.39, 0.29) is 0 Å². The van der Waals surface area contributed by atoms with Gasteiger partial charge in [-0.05, 0) is 55.0 Å². The van der Waals surface area contributed by atoms with Crippen molar-refractivity contribution >= 4 is 5.96 Å². The van der Waals surface area contributed by atoms with Crippen LogP contribution in [0, 0.1) is 5.92 Å². The van der Waals surface area contributed by atoms with Gasteiger partial charge in [-0.1, -0.05) is 30.3 Å². The molecule has 0 unspecified atom stereocenters. The van der Waals surface area contributed by atoms with Gasteiger partial charge in [0.25, 0.3) is 0 Å². The number of aliphatic imine (C=N–C) groups is 1. The zero-order valence-electron chi connectivity index (χ0n) is 17.8. The third-order valence-electron chi connectivity index (χ3n) is 5.01. The summed E-state index contributed by atoms with van der Waals surface area (Å²) in [7, 11) is 1.78. The molecule has 0 bridgehead atoms. The second-order valence-corrected chi connectivity index (χ2v) is 7.40. The summed E-state index contributed by atoms with van der Waals surface area (Å²) in [6, 6.07) is 17.9. The highest BCUT2D eigenvalue weighted by atomic mass is 16.5. The molecule has 0 spiro atoms. The van der Waals surface area contributed by atoms with E-state index in [1.807, 2.05) is 48.5 Å². The Balaban J connectivity index is 1.32. The number of nitrogens with one attached hydrogen (secondary N) is 2. The monoisotopic (exact) mass is 411 g/mol. The molecule has 0 atom stereocenters. The fourth-order valence-corrected chi connectivity index (χ4v) is 3.29. The highest BCUT2D eigenvalue weighted by molar-refractivity contribution is 5.79. The topological polar surface area (TPSA) is 64.1 Å². The van der Waals surface area contributed by atoms with Gasteiger partial charge in [0.05, 0.1) is 0 Å². The van der Waals surface area contributed by atoms with E-state index >= 15 is 0 Å². The first-order valence-electron chi connectivity index (χ1n) is 10.8. The number of benzene rings is 2. The van der Waals surface area contributed by atoms with Crippen LogP contribution in [0.5, 0.6) is 11.5 Å². The Hall–Kier alpha value is -2.57. The van der Waals surface area contributed by atoms with Gasteiger partial charge in [-0.2, -0.15) is 0 Å². The second-order valence-electron chi connectivity index (χ2n) is 7.40. The molecule has 0 radical (unpaired) electrons. The van der Waals surface area contributed by atoms with Crippen LogP contribution >= 0.6 is 0 Å². The Morgan fingerprint density at radius 1 is 1.03 bits per heavy atom. The van der Waals surface area contributed by atoms with Gasteiger partial charge in [0.1, 0.15) is 11.5 Å². The first-order chi connectivity index (χ1) is 14.8. The molecule has 1 aliphatic rings. The van der Waals surface area contributed by atoms with Crippen LogP contribution in [-0.2, 0) is 16.0 Å². The molecule has 0 aromatic heterocycles. The molecule has 2 N–H and O–H groups in total. The van der Waals surface area contributed by atoms with Crippen molar-refractivity contribution in [2.75, 3.05) is 40.0 Å². The highest BCUT2D eigenvalue weighted by Gasteiger charge is 2.13. The zero-order chi connectivity index (χ0) is 20.9. The number of ether oxygens (including phenoxy) is 3. The molecule has 0 saturated carbocycles. The van der Waals surface area contributed by atoms with Gasteiger partial charge in [0, 0.05) is 46.6 Å². The lowest BCUT2D eigenvalue weighted by molar-refractivity contribution is 0.0203. The molecule has 30 heavy (non-hydrogen) atoms. The maximum absolute atomic E-state index is 5.90. The van der Waals surface area contributed by atoms with E-state index in [9.17, 15) is 0 Å². The van der Waals surface area contributed by atoms with Crippen molar-refractivity contribution in [3.8, 4) is 11.5 Å². The molecule has 6 heteroatoms. The maximum Gasteiger partial charge on any atom is 0.191 e. The van der Waals surface area contributed by atoms with Crippen molar-refractivity contribution in [1.82, 2.24) is 10.6 Å². The molecule has 0 aliphatic carbocycles. The van der Waals surface area contributed by atoms with Crippen molar-refractivity contribution < 1.29 is 14.2 Å². The maximum atomic E-state index is 5.90. The number of rotatable bonds is 10. The lowest BCUT2D eigenvalue weighted by Gasteiger charge is -2.21. The van der Waals surface area contributed by atoms with Crippen molar-refractivity contribution in [2.24, 2.45) is 10.9 Å². The normalized spacial score (nSPS) is 15.0. The molecule has 2 aromatic rings. The Morgan fingerprint density at radius 2 is 1.83 bits per heavy atom. The van der Waals surface area contributed by atoms with Crippen LogP contribution in [0.1, 0.15) is 24.8 Å². The lowest BCUT2D eigenvalue weighted by Crippen LogP contribution is -2.37. The molecule has 1 aliphatic heterocycles. The van der Waals surface area contributed by atoms with E-state index in [4.69, 9.17) is 14.2 Å². The van der Waals surface area contributed by atoms with E-state index in [2.05, 4.69) is 21.7 Å². The number of guanidine groups is 1. The van der Waals surface area contributed by atoms with Gasteiger partial charge in [-0.25, -0.2) is 0 Å². The predicted molar refractivity (Wildman–Crippen MR) is 120 cm³/mol. The summed E-state index contributed by atoms with van der Waals surface area (Å²) in [6.07, 6.45) is 3.18. The number of para-hydroxylation sites is 1. The standard InChI is InChI=1S/C24H33N3O3/c1-25-24(26-13-6-14-29-19-20-11-15-28-16-12-20)27-18-21-7-5-10-23(17-21)30-22-8-3-2-4-9-22/h2-5,7-10,17,20H,6,11-16,18-19H2,1H3,(H2,25,26,27). The van der Waals surface area contributed by atoms with Gasteiger partial charge >= 0.3 is 0 Å². The molecule has 3 rings (SSSR count). The molecule has 162 valence electrons. The molecule has 0 amide bonds. The molecule has 1 fully saturated rings. The van der Waals surface area contributed by atoms with Gasteiger partial charge in [0.15, 0.2) is 5.96 Å². The Labute approximate surface area is 179 Å². The van der Waals surface area contributed by atoms with Gasteiger partial charge in [-0.3, -0.25) is 4.99 Å². The minimum absolute atomic E-state index is 0.655. The zero-order valence-corrected chi connectivity index (χ0v) is 17.8. The summed E-state index contributed by atoms with van der Waals surface area (Å²) in [5.41, 5.74) is 1.13. The lowest BCUT2D eigenvalue weighted by atomic mass is 10.0. The largest absolute Gasteiger partial charge is 0.457 e. The van der Waals surface area contributed by atoms with E-state index in [0.29, 0.717) is 12.5 Å². The number of hydrogen-bond donors (Lipinski definition) is 2. The van der Waals surface area contributed by atoms with Gasteiger partial charge in [0.2, 0.25) is 0 Å². The van der Waals surface area contributed by atoms with E-state index in [1.54, 1.807) is 7.05 Å². The van der Waals surface area contributed by atoms with Gasteiger partial charge in [-0.15, -0.1) is 0 Å². The van der Waals surface area contributed by atoms with Crippen LogP contribution in [0.2, 0.25) is 0 Å². The van der Waals surface area contributed by atoms with E-state index in [0.717, 1.165) is 75.3 Å². The fourth-order valence-electron chi connectivity index (χ4n) is 3.29. The summed E-state index contributed by atoms with van der Waals surface area (Å²) < 4.78 is 17.1.